The SMILES string of the molecule is Cc1c(Cl)cccc1NC(=O)N1CCC2(CC1)NC(=O)C[C@@H]2C(=O)O. The number of carboxylic acid groups (broad SMARTS) is 1. The molecule has 134 valence electrons. The fourth-order valence-corrected chi connectivity index (χ4v) is 3.81. The molecule has 8 heteroatoms. The Bertz CT molecular complexity index is 729. The predicted octanol–water partition coefficient (Wildman–Crippen LogP) is 2.24. The lowest BCUT2D eigenvalue weighted by Gasteiger charge is -2.41. The second-order valence-electron chi connectivity index (χ2n) is 6.63. The molecule has 0 aliphatic carbocycles. The van der Waals surface area contributed by atoms with E-state index in [0.717, 1.165) is 5.56 Å². The highest BCUT2D eigenvalue weighted by atomic mass is 35.5. The zero-order valence-corrected chi connectivity index (χ0v) is 14.6. The molecule has 2 fully saturated rings. The maximum atomic E-state index is 12.5. The first-order valence-corrected chi connectivity index (χ1v) is 8.55. The average Bonchev–Trinajstić information content (AvgIpc) is 2.88. The zero-order valence-electron chi connectivity index (χ0n) is 13.8. The summed E-state index contributed by atoms with van der Waals surface area (Å²) in [6.45, 7) is 2.60. The van der Waals surface area contributed by atoms with Gasteiger partial charge >= 0.3 is 12.0 Å². The van der Waals surface area contributed by atoms with Gasteiger partial charge in [-0.1, -0.05) is 17.7 Å². The van der Waals surface area contributed by atoms with E-state index in [4.69, 9.17) is 11.6 Å². The van der Waals surface area contributed by atoms with Crippen LogP contribution >= 0.6 is 11.6 Å². The Morgan fingerprint density at radius 3 is 2.68 bits per heavy atom. The molecule has 3 amide bonds. The number of nitrogens with one attached hydrogen (secondary N) is 2. The Labute approximate surface area is 150 Å². The second-order valence-corrected chi connectivity index (χ2v) is 7.04. The van der Waals surface area contributed by atoms with Crippen molar-refractivity contribution in [3.05, 3.63) is 28.8 Å². The molecular weight excluding hydrogens is 346 g/mol. The molecule has 1 aromatic rings. The number of likely N-dealkylation sites (tertiary alicyclic amines) is 1. The first-order valence-electron chi connectivity index (χ1n) is 8.17. The highest BCUT2D eigenvalue weighted by Crippen LogP contribution is 2.37. The van der Waals surface area contributed by atoms with Crippen molar-refractivity contribution in [1.82, 2.24) is 10.2 Å². The van der Waals surface area contributed by atoms with Crippen LogP contribution in [0.3, 0.4) is 0 Å². The van der Waals surface area contributed by atoms with Crippen LogP contribution in [-0.4, -0.2) is 46.5 Å². The molecule has 1 aromatic carbocycles. The minimum Gasteiger partial charge on any atom is -0.481 e. The molecule has 2 aliphatic rings. The van der Waals surface area contributed by atoms with Crippen molar-refractivity contribution in [1.29, 1.82) is 0 Å². The summed E-state index contributed by atoms with van der Waals surface area (Å²) in [5.41, 5.74) is 0.696. The van der Waals surface area contributed by atoms with Crippen LogP contribution in [-0.2, 0) is 9.59 Å². The van der Waals surface area contributed by atoms with Gasteiger partial charge in [-0.25, -0.2) is 4.79 Å². The Morgan fingerprint density at radius 2 is 2.04 bits per heavy atom. The molecule has 1 spiro atoms. The normalized spacial score (nSPS) is 21.9. The summed E-state index contributed by atoms with van der Waals surface area (Å²) < 4.78 is 0. The summed E-state index contributed by atoms with van der Waals surface area (Å²) in [7, 11) is 0. The fourth-order valence-electron chi connectivity index (χ4n) is 3.64. The van der Waals surface area contributed by atoms with Gasteiger partial charge in [-0.3, -0.25) is 9.59 Å². The van der Waals surface area contributed by atoms with Gasteiger partial charge in [-0.15, -0.1) is 0 Å². The lowest BCUT2D eigenvalue weighted by atomic mass is 9.78. The summed E-state index contributed by atoms with van der Waals surface area (Å²) in [6, 6.07) is 5.05. The molecule has 2 saturated heterocycles. The summed E-state index contributed by atoms with van der Waals surface area (Å²) in [4.78, 5) is 37.2. The molecule has 7 nitrogen and oxygen atoms in total. The third kappa shape index (κ3) is 3.28. The molecule has 3 rings (SSSR count). The third-order valence-corrected chi connectivity index (χ3v) is 5.60. The molecular formula is C17H20ClN3O4. The van der Waals surface area contributed by atoms with Gasteiger partial charge in [0.1, 0.15) is 0 Å². The highest BCUT2D eigenvalue weighted by Gasteiger charge is 2.52. The Balaban J connectivity index is 1.66. The van der Waals surface area contributed by atoms with Crippen LogP contribution in [0.2, 0.25) is 5.02 Å². The number of rotatable bonds is 2. The van der Waals surface area contributed by atoms with Crippen molar-refractivity contribution >= 4 is 35.2 Å². The van der Waals surface area contributed by atoms with Crippen molar-refractivity contribution in [2.75, 3.05) is 18.4 Å². The van der Waals surface area contributed by atoms with Gasteiger partial charge < -0.3 is 20.6 Å². The molecule has 2 heterocycles. The second kappa shape index (κ2) is 6.55. The molecule has 3 N–H and O–H groups in total. The number of piperidine rings is 1. The number of anilines is 1. The highest BCUT2D eigenvalue weighted by molar-refractivity contribution is 6.31. The van der Waals surface area contributed by atoms with Crippen LogP contribution in [0.4, 0.5) is 10.5 Å². The zero-order chi connectivity index (χ0) is 18.2. The van der Waals surface area contributed by atoms with E-state index in [2.05, 4.69) is 10.6 Å². The number of carbonyl (C=O) groups is 3. The van der Waals surface area contributed by atoms with Crippen LogP contribution in [0, 0.1) is 12.8 Å². The van der Waals surface area contributed by atoms with Crippen molar-refractivity contribution < 1.29 is 19.5 Å². The number of halogens is 1. The van der Waals surface area contributed by atoms with Crippen LogP contribution in [0.25, 0.3) is 0 Å². The first kappa shape index (κ1) is 17.5. The molecule has 0 unspecified atom stereocenters. The first-order chi connectivity index (χ1) is 11.8. The number of hydrogen-bond acceptors (Lipinski definition) is 3. The van der Waals surface area contributed by atoms with Crippen molar-refractivity contribution in [2.45, 2.75) is 31.7 Å². The van der Waals surface area contributed by atoms with E-state index in [1.54, 1.807) is 23.1 Å². The lowest BCUT2D eigenvalue weighted by Crippen LogP contribution is -2.57. The molecule has 1 atom stereocenters. The number of aliphatic carboxylic acids is 1. The summed E-state index contributed by atoms with van der Waals surface area (Å²) >= 11 is 6.06. The fraction of sp³-hybridized carbons (Fsp3) is 0.471. The quantitative estimate of drug-likeness (QED) is 0.748. The minimum atomic E-state index is -0.967. The summed E-state index contributed by atoms with van der Waals surface area (Å²) in [5.74, 6) is -1.94. The van der Waals surface area contributed by atoms with Gasteiger partial charge in [0.15, 0.2) is 0 Å². The van der Waals surface area contributed by atoms with Crippen LogP contribution in [0.5, 0.6) is 0 Å². The number of amides is 3. The number of carboxylic acids is 1. The van der Waals surface area contributed by atoms with Crippen molar-refractivity contribution in [3.8, 4) is 0 Å². The molecule has 0 bridgehead atoms. The van der Waals surface area contributed by atoms with Gasteiger partial charge in [-0.2, -0.15) is 0 Å². The maximum Gasteiger partial charge on any atom is 0.321 e. The molecule has 0 radical (unpaired) electrons. The molecule has 0 aromatic heterocycles. The summed E-state index contributed by atoms with van der Waals surface area (Å²) in [6.07, 6.45) is 0.860. The Hall–Kier alpha value is -2.28. The third-order valence-electron chi connectivity index (χ3n) is 5.20. The van der Waals surface area contributed by atoms with Crippen LogP contribution in [0.15, 0.2) is 18.2 Å². The van der Waals surface area contributed by atoms with E-state index in [0.29, 0.717) is 36.6 Å². The Kier molecular flexibility index (Phi) is 4.60. The topological polar surface area (TPSA) is 98.7 Å². The van der Waals surface area contributed by atoms with Crippen molar-refractivity contribution in [2.24, 2.45) is 5.92 Å². The van der Waals surface area contributed by atoms with E-state index in [-0.39, 0.29) is 18.4 Å². The number of carbonyl (C=O) groups excluding carboxylic acids is 2. The van der Waals surface area contributed by atoms with Gasteiger partial charge in [0, 0.05) is 30.2 Å². The van der Waals surface area contributed by atoms with Crippen LogP contribution < -0.4 is 10.6 Å². The molecule has 2 aliphatic heterocycles. The minimum absolute atomic E-state index is 0.00321. The van der Waals surface area contributed by atoms with Crippen LogP contribution in [0.1, 0.15) is 24.8 Å². The van der Waals surface area contributed by atoms with E-state index in [1.807, 2.05) is 6.92 Å². The predicted molar refractivity (Wildman–Crippen MR) is 92.6 cm³/mol. The molecule has 0 saturated carbocycles. The number of benzene rings is 1. The van der Waals surface area contributed by atoms with Gasteiger partial charge in [0.25, 0.3) is 0 Å². The van der Waals surface area contributed by atoms with E-state index >= 15 is 0 Å². The van der Waals surface area contributed by atoms with Crippen molar-refractivity contribution in [3.63, 3.8) is 0 Å². The maximum absolute atomic E-state index is 12.5. The summed E-state index contributed by atoms with van der Waals surface area (Å²) in [5, 5.41) is 15.6. The number of urea groups is 1. The van der Waals surface area contributed by atoms with E-state index in [1.165, 1.54) is 0 Å². The molecule has 25 heavy (non-hydrogen) atoms. The smallest absolute Gasteiger partial charge is 0.321 e. The van der Waals surface area contributed by atoms with E-state index in [9.17, 15) is 19.5 Å². The van der Waals surface area contributed by atoms with Gasteiger partial charge in [-0.05, 0) is 37.5 Å². The number of nitrogens with zero attached hydrogens (tertiary/aromatic N) is 1. The van der Waals surface area contributed by atoms with Gasteiger partial charge in [0.2, 0.25) is 5.91 Å². The lowest BCUT2D eigenvalue weighted by molar-refractivity contribution is -0.144. The standard InChI is InChI=1S/C17H20ClN3O4/c1-10-12(18)3-2-4-13(10)19-16(25)21-7-5-17(6-8-21)11(15(23)24)9-14(22)20-17/h2-4,11H,5-9H2,1H3,(H,19,25)(H,20,22)(H,23,24)/t11-/m1/s1. The number of hydrogen-bond donors (Lipinski definition) is 3. The van der Waals surface area contributed by atoms with Gasteiger partial charge in [0.05, 0.1) is 11.5 Å². The Morgan fingerprint density at radius 1 is 1.36 bits per heavy atom. The monoisotopic (exact) mass is 365 g/mol. The average molecular weight is 366 g/mol. The van der Waals surface area contributed by atoms with E-state index < -0.39 is 17.4 Å². The largest absolute Gasteiger partial charge is 0.481 e.